The molecular formula is C19H21N3O2S. The van der Waals surface area contributed by atoms with E-state index in [0.29, 0.717) is 19.4 Å². The summed E-state index contributed by atoms with van der Waals surface area (Å²) in [5, 5.41) is 10.6. The highest BCUT2D eigenvalue weighted by molar-refractivity contribution is 7.07. The lowest BCUT2D eigenvalue weighted by Gasteiger charge is -2.34. The molecule has 2 N–H and O–H groups in total. The third-order valence-corrected chi connectivity index (χ3v) is 5.69. The van der Waals surface area contributed by atoms with Crippen molar-refractivity contribution in [2.75, 3.05) is 6.54 Å². The van der Waals surface area contributed by atoms with Crippen LogP contribution in [0.15, 0.2) is 47.2 Å². The molecule has 3 heterocycles. The fourth-order valence-electron chi connectivity index (χ4n) is 3.65. The number of rotatable bonds is 5. The van der Waals surface area contributed by atoms with Gasteiger partial charge in [0.25, 0.3) is 0 Å². The maximum absolute atomic E-state index is 12.8. The molecule has 5 nitrogen and oxygen atoms in total. The lowest BCUT2D eigenvalue weighted by Crippen LogP contribution is -2.61. The molecule has 2 aromatic rings. The van der Waals surface area contributed by atoms with Crippen molar-refractivity contribution in [1.29, 1.82) is 0 Å². The second kappa shape index (κ2) is 6.98. The topological polar surface area (TPSA) is 61.4 Å². The van der Waals surface area contributed by atoms with E-state index in [0.717, 1.165) is 12.1 Å². The minimum absolute atomic E-state index is 0.0274. The molecule has 1 aromatic heterocycles. The van der Waals surface area contributed by atoms with Crippen molar-refractivity contribution in [3.63, 3.8) is 0 Å². The first-order valence-corrected chi connectivity index (χ1v) is 9.54. The molecule has 2 aliphatic heterocycles. The highest BCUT2D eigenvalue weighted by atomic mass is 32.1. The molecule has 0 radical (unpaired) electrons. The first-order chi connectivity index (χ1) is 12.2. The molecule has 0 aliphatic carbocycles. The number of thiophene rings is 1. The van der Waals surface area contributed by atoms with E-state index in [9.17, 15) is 9.59 Å². The van der Waals surface area contributed by atoms with E-state index in [4.69, 9.17) is 0 Å². The van der Waals surface area contributed by atoms with Crippen molar-refractivity contribution < 1.29 is 9.59 Å². The minimum Gasteiger partial charge on any atom is -0.342 e. The van der Waals surface area contributed by atoms with Crippen LogP contribution in [0.3, 0.4) is 0 Å². The average Bonchev–Trinajstić information content (AvgIpc) is 3.28. The van der Waals surface area contributed by atoms with Crippen LogP contribution in [0.1, 0.15) is 17.5 Å². The highest BCUT2D eigenvalue weighted by Crippen LogP contribution is 2.24. The number of carbonyl (C=O) groups excluding carboxylic acids is 2. The Morgan fingerprint density at radius 3 is 2.76 bits per heavy atom. The third kappa shape index (κ3) is 3.45. The van der Waals surface area contributed by atoms with Gasteiger partial charge in [-0.2, -0.15) is 11.3 Å². The second-order valence-corrected chi connectivity index (χ2v) is 7.48. The maximum Gasteiger partial charge on any atom is 0.246 e. The van der Waals surface area contributed by atoms with Crippen LogP contribution < -0.4 is 10.6 Å². The Labute approximate surface area is 151 Å². The quantitative estimate of drug-likeness (QED) is 0.855. The summed E-state index contributed by atoms with van der Waals surface area (Å²) in [7, 11) is 0. The number of hydrogen-bond donors (Lipinski definition) is 2. The Balaban J connectivity index is 1.40. The lowest BCUT2D eigenvalue weighted by atomic mass is 10.0. The van der Waals surface area contributed by atoms with Gasteiger partial charge >= 0.3 is 0 Å². The fraction of sp³-hybridized carbons (Fsp3) is 0.368. The molecular weight excluding hydrogens is 334 g/mol. The molecule has 0 saturated carbocycles. The van der Waals surface area contributed by atoms with Crippen LogP contribution in [-0.2, 0) is 22.6 Å². The van der Waals surface area contributed by atoms with Crippen LogP contribution in [0.5, 0.6) is 0 Å². The highest BCUT2D eigenvalue weighted by Gasteiger charge is 2.46. The molecule has 25 heavy (non-hydrogen) atoms. The first-order valence-electron chi connectivity index (χ1n) is 8.60. The van der Waals surface area contributed by atoms with Gasteiger partial charge in [-0.05, 0) is 34.4 Å². The van der Waals surface area contributed by atoms with Crippen LogP contribution in [0.4, 0.5) is 0 Å². The zero-order valence-corrected chi connectivity index (χ0v) is 14.7. The maximum atomic E-state index is 12.8. The van der Waals surface area contributed by atoms with Gasteiger partial charge in [0.15, 0.2) is 0 Å². The number of benzene rings is 1. The van der Waals surface area contributed by atoms with Gasteiger partial charge in [-0.25, -0.2) is 0 Å². The number of piperazine rings is 1. The molecule has 2 saturated heterocycles. The van der Waals surface area contributed by atoms with E-state index in [1.165, 1.54) is 5.56 Å². The summed E-state index contributed by atoms with van der Waals surface area (Å²) in [6.07, 6.45) is 1.22. The zero-order chi connectivity index (χ0) is 17.2. The Hall–Kier alpha value is -2.18. The number of hydrogen-bond acceptors (Lipinski definition) is 4. The number of carbonyl (C=O) groups is 2. The molecule has 6 heteroatoms. The Morgan fingerprint density at radius 2 is 2.00 bits per heavy atom. The molecule has 130 valence electrons. The van der Waals surface area contributed by atoms with Crippen LogP contribution in [0.25, 0.3) is 0 Å². The van der Waals surface area contributed by atoms with Crippen molar-refractivity contribution >= 4 is 23.2 Å². The normalized spacial score (nSPS) is 25.8. The van der Waals surface area contributed by atoms with Crippen molar-refractivity contribution in [3.05, 3.63) is 58.3 Å². The number of nitrogens with zero attached hydrogens (tertiary/aromatic N) is 1. The van der Waals surface area contributed by atoms with E-state index in [1.54, 1.807) is 16.2 Å². The minimum atomic E-state index is -0.457. The Kier molecular flexibility index (Phi) is 4.55. The monoisotopic (exact) mass is 355 g/mol. The lowest BCUT2D eigenvalue weighted by molar-refractivity contribution is -0.147. The number of fused-ring (bicyclic) bond motifs is 1. The summed E-state index contributed by atoms with van der Waals surface area (Å²) in [6.45, 7) is 1.38. The Bertz CT molecular complexity index is 747. The molecule has 3 atom stereocenters. The van der Waals surface area contributed by atoms with E-state index in [2.05, 4.69) is 27.5 Å². The van der Waals surface area contributed by atoms with Gasteiger partial charge in [0.2, 0.25) is 11.8 Å². The van der Waals surface area contributed by atoms with E-state index < -0.39 is 6.04 Å². The predicted octanol–water partition coefficient (Wildman–Crippen LogP) is 1.55. The van der Waals surface area contributed by atoms with Gasteiger partial charge in [-0.1, -0.05) is 30.3 Å². The third-order valence-electron chi connectivity index (χ3n) is 4.96. The molecule has 0 bridgehead atoms. The molecule has 2 aliphatic rings. The molecule has 1 aromatic carbocycles. The van der Waals surface area contributed by atoms with Crippen LogP contribution in [-0.4, -0.2) is 41.4 Å². The SMILES string of the molecule is O=C1N[C@@H](Cc2ccccc2)C(=O)N2C[C@@H](NCc3ccsc3)C[C@@H]12. The van der Waals surface area contributed by atoms with Gasteiger partial charge in [0, 0.05) is 25.6 Å². The van der Waals surface area contributed by atoms with Crippen LogP contribution in [0, 0.1) is 0 Å². The zero-order valence-electron chi connectivity index (χ0n) is 13.9. The van der Waals surface area contributed by atoms with Gasteiger partial charge in [0.05, 0.1) is 0 Å². The summed E-state index contributed by atoms with van der Waals surface area (Å²) < 4.78 is 0. The van der Waals surface area contributed by atoms with Gasteiger partial charge < -0.3 is 15.5 Å². The van der Waals surface area contributed by atoms with E-state index >= 15 is 0 Å². The fourth-order valence-corrected chi connectivity index (χ4v) is 4.32. The molecule has 0 unspecified atom stereocenters. The predicted molar refractivity (Wildman–Crippen MR) is 97.1 cm³/mol. The summed E-state index contributed by atoms with van der Waals surface area (Å²) in [5.41, 5.74) is 2.30. The summed E-state index contributed by atoms with van der Waals surface area (Å²) in [6, 6.07) is 11.3. The number of nitrogens with one attached hydrogen (secondary N) is 2. The van der Waals surface area contributed by atoms with E-state index in [-0.39, 0.29) is 23.9 Å². The van der Waals surface area contributed by atoms with Gasteiger partial charge in [-0.3, -0.25) is 9.59 Å². The molecule has 2 amide bonds. The largest absolute Gasteiger partial charge is 0.342 e. The van der Waals surface area contributed by atoms with Crippen molar-refractivity contribution in [2.45, 2.75) is 37.5 Å². The molecule has 2 fully saturated rings. The van der Waals surface area contributed by atoms with Crippen LogP contribution in [0.2, 0.25) is 0 Å². The molecule has 0 spiro atoms. The van der Waals surface area contributed by atoms with E-state index in [1.807, 2.05) is 30.3 Å². The summed E-state index contributed by atoms with van der Waals surface area (Å²) in [4.78, 5) is 27.1. The summed E-state index contributed by atoms with van der Waals surface area (Å²) in [5.74, 6) is 0.00801. The Morgan fingerprint density at radius 1 is 1.16 bits per heavy atom. The van der Waals surface area contributed by atoms with Gasteiger partial charge in [-0.15, -0.1) is 0 Å². The standard InChI is InChI=1S/C19H21N3O2S/c23-18-17-9-15(20-10-14-6-7-25-12-14)11-22(17)19(24)16(21-18)8-13-4-2-1-3-5-13/h1-7,12,15-17,20H,8-11H2,(H,21,23)/t15-,16-,17-/m0/s1. The molecule has 4 rings (SSSR count). The van der Waals surface area contributed by atoms with Crippen LogP contribution >= 0.6 is 11.3 Å². The number of amides is 2. The van der Waals surface area contributed by atoms with Crippen molar-refractivity contribution in [3.8, 4) is 0 Å². The second-order valence-electron chi connectivity index (χ2n) is 6.70. The van der Waals surface area contributed by atoms with Crippen molar-refractivity contribution in [1.82, 2.24) is 15.5 Å². The average molecular weight is 355 g/mol. The first kappa shape index (κ1) is 16.3. The smallest absolute Gasteiger partial charge is 0.246 e. The van der Waals surface area contributed by atoms with Gasteiger partial charge in [0.1, 0.15) is 12.1 Å². The van der Waals surface area contributed by atoms with Crippen molar-refractivity contribution in [2.24, 2.45) is 0 Å². The summed E-state index contributed by atoms with van der Waals surface area (Å²) >= 11 is 1.68.